The van der Waals surface area contributed by atoms with Gasteiger partial charge in [-0.25, -0.2) is 0 Å². The number of aliphatic hydroxyl groups excluding tert-OH is 3. The van der Waals surface area contributed by atoms with Gasteiger partial charge in [-0.05, 0) is 65.3 Å². The van der Waals surface area contributed by atoms with E-state index < -0.39 is 23.9 Å². The van der Waals surface area contributed by atoms with Gasteiger partial charge in [0.2, 0.25) is 0 Å². The van der Waals surface area contributed by atoms with E-state index in [1.807, 2.05) is 37.3 Å². The van der Waals surface area contributed by atoms with Crippen molar-refractivity contribution >= 4 is 22.6 Å². The van der Waals surface area contributed by atoms with Gasteiger partial charge in [0.1, 0.15) is 23.4 Å². The highest BCUT2D eigenvalue weighted by Gasteiger charge is 2.55. The number of ether oxygens (including phenoxy) is 1. The monoisotopic (exact) mass is 414 g/mol. The zero-order valence-corrected chi connectivity index (χ0v) is 16.8. The van der Waals surface area contributed by atoms with Gasteiger partial charge in [0, 0.05) is 10.4 Å². The molecule has 1 aromatic heterocycles. The van der Waals surface area contributed by atoms with Crippen molar-refractivity contribution in [1.82, 2.24) is 0 Å². The molecule has 5 rings (SSSR count). The zero-order chi connectivity index (χ0) is 20.3. The fraction of sp³-hybridized carbons (Fsp3) is 0.391. The normalized spacial score (nSPS) is 31.5. The summed E-state index contributed by atoms with van der Waals surface area (Å²) in [7, 11) is 0. The van der Waals surface area contributed by atoms with E-state index in [1.165, 1.54) is 0 Å². The molecule has 1 aliphatic carbocycles. The fourth-order valence-electron chi connectivity index (χ4n) is 4.87. The molecule has 5 nitrogen and oxygen atoms in total. The summed E-state index contributed by atoms with van der Waals surface area (Å²) in [6.45, 7) is 2.18. The Morgan fingerprint density at radius 2 is 1.93 bits per heavy atom. The van der Waals surface area contributed by atoms with E-state index in [-0.39, 0.29) is 5.92 Å². The zero-order valence-electron chi connectivity index (χ0n) is 16.0. The van der Waals surface area contributed by atoms with Crippen LogP contribution in [0.5, 0.6) is 0 Å². The highest BCUT2D eigenvalue weighted by molar-refractivity contribution is 6.31. The number of halogens is 1. The lowest BCUT2D eigenvalue weighted by Gasteiger charge is -2.46. The molecule has 1 saturated carbocycles. The van der Waals surface area contributed by atoms with Gasteiger partial charge in [0.15, 0.2) is 0 Å². The molecule has 3 N–H and O–H groups in total. The molecule has 1 aliphatic heterocycles. The molecular formula is C23H23ClO5. The van der Waals surface area contributed by atoms with Gasteiger partial charge in [-0.2, -0.15) is 0 Å². The number of rotatable bonds is 2. The maximum atomic E-state index is 10.8. The molecule has 0 radical (unpaired) electrons. The fourth-order valence-corrected chi connectivity index (χ4v) is 5.12. The van der Waals surface area contributed by atoms with Crippen LogP contribution in [-0.2, 0) is 23.4 Å². The lowest BCUT2D eigenvalue weighted by atomic mass is 9.70. The second kappa shape index (κ2) is 6.83. The van der Waals surface area contributed by atoms with Crippen LogP contribution in [0.4, 0.5) is 0 Å². The Morgan fingerprint density at radius 3 is 2.76 bits per heavy atom. The predicted octanol–water partition coefficient (Wildman–Crippen LogP) is 3.53. The summed E-state index contributed by atoms with van der Waals surface area (Å²) >= 11 is 6.57. The van der Waals surface area contributed by atoms with Gasteiger partial charge in [-0.15, -0.1) is 0 Å². The topological polar surface area (TPSA) is 83.1 Å². The van der Waals surface area contributed by atoms with Crippen LogP contribution in [0, 0.1) is 5.92 Å². The second-order valence-corrected chi connectivity index (χ2v) is 8.76. The molecular weight excluding hydrogens is 392 g/mol. The maximum absolute atomic E-state index is 10.8. The van der Waals surface area contributed by atoms with E-state index in [9.17, 15) is 15.3 Å². The van der Waals surface area contributed by atoms with Crippen LogP contribution in [0.1, 0.15) is 35.6 Å². The third kappa shape index (κ3) is 2.92. The van der Waals surface area contributed by atoms with E-state index >= 15 is 0 Å². The number of hydrogen-bond donors (Lipinski definition) is 3. The molecule has 1 fully saturated rings. The van der Waals surface area contributed by atoms with Gasteiger partial charge >= 0.3 is 0 Å². The Labute approximate surface area is 173 Å². The van der Waals surface area contributed by atoms with Crippen molar-refractivity contribution < 1.29 is 24.5 Å². The Bertz CT molecular complexity index is 1080. The van der Waals surface area contributed by atoms with Crippen LogP contribution in [0.25, 0.3) is 11.0 Å². The number of fused-ring (bicyclic) bond motifs is 3. The maximum Gasteiger partial charge on any atom is 0.133 e. The molecule has 6 heteroatoms. The molecule has 0 saturated heterocycles. The first kappa shape index (κ1) is 19.1. The molecule has 1 spiro atoms. The van der Waals surface area contributed by atoms with Crippen molar-refractivity contribution in [3.8, 4) is 0 Å². The summed E-state index contributed by atoms with van der Waals surface area (Å²) in [4.78, 5) is 0. The summed E-state index contributed by atoms with van der Waals surface area (Å²) in [6.07, 6.45) is -0.708. The van der Waals surface area contributed by atoms with Gasteiger partial charge in [0.05, 0.1) is 19.0 Å². The average molecular weight is 415 g/mol. The second-order valence-electron chi connectivity index (χ2n) is 8.36. The van der Waals surface area contributed by atoms with Gasteiger partial charge < -0.3 is 24.5 Å². The molecule has 0 amide bonds. The molecule has 2 heterocycles. The van der Waals surface area contributed by atoms with Crippen molar-refractivity contribution in [1.29, 1.82) is 0 Å². The lowest BCUT2D eigenvalue weighted by molar-refractivity contribution is -0.222. The quantitative estimate of drug-likeness (QED) is 0.597. The third-order valence-corrected chi connectivity index (χ3v) is 6.84. The first-order valence-electron chi connectivity index (χ1n) is 9.85. The minimum Gasteiger partial charge on any atom is -0.464 e. The molecule has 0 unspecified atom stereocenters. The van der Waals surface area contributed by atoms with E-state index in [4.69, 9.17) is 20.8 Å². The summed E-state index contributed by atoms with van der Waals surface area (Å²) in [6, 6.07) is 11.8. The Morgan fingerprint density at radius 1 is 1.10 bits per heavy atom. The summed E-state index contributed by atoms with van der Waals surface area (Å²) in [5, 5.41) is 33.1. The smallest absolute Gasteiger partial charge is 0.133 e. The highest BCUT2D eigenvalue weighted by atomic mass is 35.5. The van der Waals surface area contributed by atoms with Crippen LogP contribution >= 0.6 is 11.6 Å². The summed E-state index contributed by atoms with van der Waals surface area (Å²) in [5.74, 6) is -0.207. The van der Waals surface area contributed by atoms with Crippen LogP contribution in [-0.4, -0.2) is 33.6 Å². The van der Waals surface area contributed by atoms with Gasteiger partial charge in [-0.1, -0.05) is 30.7 Å². The van der Waals surface area contributed by atoms with Crippen molar-refractivity contribution in [2.45, 2.75) is 50.3 Å². The molecule has 29 heavy (non-hydrogen) atoms. The first-order chi connectivity index (χ1) is 13.9. The Hall–Kier alpha value is -1.89. The van der Waals surface area contributed by atoms with Gasteiger partial charge in [-0.3, -0.25) is 0 Å². The van der Waals surface area contributed by atoms with E-state index in [0.29, 0.717) is 24.5 Å². The highest BCUT2D eigenvalue weighted by Crippen LogP contribution is 2.49. The lowest BCUT2D eigenvalue weighted by Crippen LogP contribution is -2.58. The van der Waals surface area contributed by atoms with Crippen LogP contribution in [0.15, 0.2) is 47.1 Å². The molecule has 2 aliphatic rings. The number of benzene rings is 2. The number of furan rings is 1. The summed E-state index contributed by atoms with van der Waals surface area (Å²) in [5.41, 5.74) is 3.61. The number of hydrogen-bond acceptors (Lipinski definition) is 5. The van der Waals surface area contributed by atoms with Gasteiger partial charge in [0.25, 0.3) is 0 Å². The standard InChI is InChI=1S/C23H23ClO5/c1-12-10-23(22(27)21(26)20(12)25)17-8-15(18(24)9-16(17)11-29-23)7-13-2-3-19-14(6-13)4-5-28-19/h2-6,8-9,12,20-22,25-27H,7,10-11H2,1H3/t12-,20+,21-,22+,23+/m0/s1. The van der Waals surface area contributed by atoms with E-state index in [2.05, 4.69) is 6.07 Å². The minimum absolute atomic E-state index is 0.207. The molecule has 0 bridgehead atoms. The molecule has 152 valence electrons. The minimum atomic E-state index is -1.26. The predicted molar refractivity (Wildman–Crippen MR) is 109 cm³/mol. The molecule has 3 aromatic rings. The van der Waals surface area contributed by atoms with E-state index in [1.54, 1.807) is 6.26 Å². The van der Waals surface area contributed by atoms with Crippen LogP contribution in [0.2, 0.25) is 5.02 Å². The average Bonchev–Trinajstić information content (AvgIpc) is 3.30. The van der Waals surface area contributed by atoms with Crippen LogP contribution in [0.3, 0.4) is 0 Å². The van der Waals surface area contributed by atoms with Crippen molar-refractivity contribution in [3.05, 3.63) is 69.9 Å². The van der Waals surface area contributed by atoms with Crippen LogP contribution < -0.4 is 0 Å². The van der Waals surface area contributed by atoms with Crippen molar-refractivity contribution in [3.63, 3.8) is 0 Å². The Kier molecular flexibility index (Phi) is 4.49. The van der Waals surface area contributed by atoms with Crippen molar-refractivity contribution in [2.24, 2.45) is 5.92 Å². The largest absolute Gasteiger partial charge is 0.464 e. The molecule has 2 aromatic carbocycles. The Balaban J connectivity index is 1.54. The third-order valence-electron chi connectivity index (χ3n) is 6.48. The SMILES string of the molecule is C[C@H]1C[C@]2(OCc3cc(Cl)c(Cc4ccc5occc5c4)cc32)[C@H](O)[C@@H](O)[C@@H]1O. The number of aliphatic hydroxyl groups is 3. The summed E-state index contributed by atoms with van der Waals surface area (Å²) < 4.78 is 11.5. The van der Waals surface area contributed by atoms with E-state index in [0.717, 1.165) is 33.2 Å². The first-order valence-corrected chi connectivity index (χ1v) is 10.2. The molecule has 5 atom stereocenters. The van der Waals surface area contributed by atoms with Crippen molar-refractivity contribution in [2.75, 3.05) is 0 Å².